The number of carbonyl (C=O) groups is 1. The highest BCUT2D eigenvalue weighted by atomic mass is 32.2. The summed E-state index contributed by atoms with van der Waals surface area (Å²) in [4.78, 5) is 11.9. The van der Waals surface area contributed by atoms with Gasteiger partial charge in [0.25, 0.3) is 0 Å². The van der Waals surface area contributed by atoms with E-state index in [4.69, 9.17) is 4.74 Å². The number of hydrogen-bond donors (Lipinski definition) is 0. The van der Waals surface area contributed by atoms with Gasteiger partial charge in [-0.2, -0.15) is 11.8 Å². The van der Waals surface area contributed by atoms with E-state index < -0.39 is 0 Å². The topological polar surface area (TPSA) is 26.3 Å². The molecule has 1 saturated carbocycles. The van der Waals surface area contributed by atoms with Crippen molar-refractivity contribution >= 4 is 17.7 Å². The van der Waals surface area contributed by atoms with Gasteiger partial charge in [0.05, 0.1) is 5.92 Å². The fraction of sp³-hybridized carbons (Fsp3) is 0.562. The van der Waals surface area contributed by atoms with Crippen LogP contribution in [-0.2, 0) is 16.1 Å². The molecule has 104 valence electrons. The van der Waals surface area contributed by atoms with E-state index in [1.165, 1.54) is 25.7 Å². The number of carbonyl (C=O) groups excluding carboxylic acids is 1. The Labute approximate surface area is 119 Å². The van der Waals surface area contributed by atoms with Crippen LogP contribution in [-0.4, -0.2) is 17.0 Å². The Morgan fingerprint density at radius 2 is 2.00 bits per heavy atom. The van der Waals surface area contributed by atoms with Gasteiger partial charge in [-0.25, -0.2) is 0 Å². The smallest absolute Gasteiger partial charge is 0.309 e. The van der Waals surface area contributed by atoms with Crippen LogP contribution in [0.3, 0.4) is 0 Å². The molecule has 0 amide bonds. The van der Waals surface area contributed by atoms with Gasteiger partial charge in [-0.1, -0.05) is 50.1 Å². The monoisotopic (exact) mass is 278 g/mol. The second-order valence-electron chi connectivity index (χ2n) is 5.23. The molecular weight excluding hydrogens is 256 g/mol. The molecule has 1 unspecified atom stereocenters. The standard InChI is InChI=1S/C16H22O2S/c1-13(12-19-15-9-5-6-10-15)16(17)18-11-14-7-3-2-4-8-14/h2-4,7-8,13,15H,5-6,9-12H2,1H3. The Morgan fingerprint density at radius 3 is 2.68 bits per heavy atom. The van der Waals surface area contributed by atoms with Crippen LogP contribution < -0.4 is 0 Å². The maximum Gasteiger partial charge on any atom is 0.309 e. The molecule has 0 spiro atoms. The molecule has 0 radical (unpaired) electrons. The molecule has 0 aliphatic heterocycles. The number of benzene rings is 1. The van der Waals surface area contributed by atoms with E-state index in [-0.39, 0.29) is 11.9 Å². The molecule has 1 aromatic carbocycles. The summed E-state index contributed by atoms with van der Waals surface area (Å²) < 4.78 is 5.35. The van der Waals surface area contributed by atoms with Crippen LogP contribution in [0, 0.1) is 5.92 Å². The summed E-state index contributed by atoms with van der Waals surface area (Å²) in [5.41, 5.74) is 1.05. The number of hydrogen-bond acceptors (Lipinski definition) is 3. The first kappa shape index (κ1) is 14.4. The third-order valence-corrected chi connectivity index (χ3v) is 5.15. The van der Waals surface area contributed by atoms with Gasteiger partial charge in [-0.15, -0.1) is 0 Å². The number of ether oxygens (including phenoxy) is 1. The minimum absolute atomic E-state index is 0.00527. The van der Waals surface area contributed by atoms with E-state index in [1.54, 1.807) is 0 Å². The molecule has 1 aromatic rings. The Balaban J connectivity index is 1.67. The molecule has 0 aromatic heterocycles. The summed E-state index contributed by atoms with van der Waals surface area (Å²) in [6, 6.07) is 9.84. The lowest BCUT2D eigenvalue weighted by molar-refractivity contribution is -0.148. The van der Waals surface area contributed by atoms with Gasteiger partial charge in [0.15, 0.2) is 0 Å². The molecule has 1 aliphatic carbocycles. The summed E-state index contributed by atoms with van der Waals surface area (Å²) in [5, 5.41) is 0.768. The first-order valence-electron chi connectivity index (χ1n) is 7.08. The summed E-state index contributed by atoms with van der Waals surface area (Å²) >= 11 is 1.94. The highest BCUT2D eigenvalue weighted by Crippen LogP contribution is 2.30. The lowest BCUT2D eigenvalue weighted by atomic mass is 10.2. The molecule has 2 nitrogen and oxygen atoms in total. The van der Waals surface area contributed by atoms with Gasteiger partial charge in [-0.05, 0) is 18.4 Å². The largest absolute Gasteiger partial charge is 0.461 e. The van der Waals surface area contributed by atoms with Gasteiger partial charge >= 0.3 is 5.97 Å². The molecular formula is C16H22O2S. The average Bonchev–Trinajstić information content (AvgIpc) is 2.96. The Bertz CT molecular complexity index is 385. The predicted molar refractivity (Wildman–Crippen MR) is 80.1 cm³/mol. The quantitative estimate of drug-likeness (QED) is 0.735. The molecule has 2 rings (SSSR count). The van der Waals surface area contributed by atoms with E-state index in [0.717, 1.165) is 16.6 Å². The van der Waals surface area contributed by atoms with Crippen molar-refractivity contribution in [3.05, 3.63) is 35.9 Å². The van der Waals surface area contributed by atoms with E-state index in [0.29, 0.717) is 6.61 Å². The van der Waals surface area contributed by atoms with Crippen molar-refractivity contribution in [2.45, 2.75) is 44.5 Å². The van der Waals surface area contributed by atoms with Crippen LogP contribution in [0.5, 0.6) is 0 Å². The van der Waals surface area contributed by atoms with Gasteiger partial charge in [-0.3, -0.25) is 4.79 Å². The minimum atomic E-state index is -0.0747. The summed E-state index contributed by atoms with van der Waals surface area (Å²) in [7, 11) is 0. The molecule has 19 heavy (non-hydrogen) atoms. The fourth-order valence-corrected chi connectivity index (χ4v) is 3.64. The zero-order valence-corrected chi connectivity index (χ0v) is 12.3. The third kappa shape index (κ3) is 4.90. The van der Waals surface area contributed by atoms with Crippen LogP contribution in [0.25, 0.3) is 0 Å². The number of esters is 1. The van der Waals surface area contributed by atoms with Crippen LogP contribution in [0.2, 0.25) is 0 Å². The molecule has 1 fully saturated rings. The Morgan fingerprint density at radius 1 is 1.32 bits per heavy atom. The van der Waals surface area contributed by atoms with Gasteiger partial charge in [0.2, 0.25) is 0 Å². The second-order valence-corrected chi connectivity index (χ2v) is 6.57. The van der Waals surface area contributed by atoms with Crippen LogP contribution in [0.1, 0.15) is 38.2 Å². The molecule has 0 N–H and O–H groups in total. The normalized spacial score (nSPS) is 17.3. The molecule has 1 atom stereocenters. The summed E-state index contributed by atoms with van der Waals surface area (Å²) in [5.74, 6) is 0.807. The SMILES string of the molecule is CC(CSC1CCCC1)C(=O)OCc1ccccc1. The Hall–Kier alpha value is -0.960. The van der Waals surface area contributed by atoms with Crippen LogP contribution in [0.4, 0.5) is 0 Å². The van der Waals surface area contributed by atoms with Crippen molar-refractivity contribution in [2.24, 2.45) is 5.92 Å². The molecule has 0 bridgehead atoms. The number of thioether (sulfide) groups is 1. The molecule has 0 saturated heterocycles. The second kappa shape index (κ2) is 7.59. The van der Waals surface area contributed by atoms with E-state index in [1.807, 2.05) is 49.0 Å². The van der Waals surface area contributed by atoms with Crippen molar-refractivity contribution in [3.8, 4) is 0 Å². The molecule has 1 aliphatic rings. The highest BCUT2D eigenvalue weighted by Gasteiger charge is 2.20. The van der Waals surface area contributed by atoms with Crippen molar-refractivity contribution in [1.82, 2.24) is 0 Å². The zero-order valence-electron chi connectivity index (χ0n) is 11.5. The van der Waals surface area contributed by atoms with Gasteiger partial charge in [0, 0.05) is 11.0 Å². The summed E-state index contributed by atoms with van der Waals surface area (Å²) in [6.07, 6.45) is 5.34. The average molecular weight is 278 g/mol. The Kier molecular flexibility index (Phi) is 5.77. The minimum Gasteiger partial charge on any atom is -0.461 e. The van der Waals surface area contributed by atoms with E-state index >= 15 is 0 Å². The van der Waals surface area contributed by atoms with Crippen molar-refractivity contribution in [2.75, 3.05) is 5.75 Å². The van der Waals surface area contributed by atoms with Crippen molar-refractivity contribution in [1.29, 1.82) is 0 Å². The van der Waals surface area contributed by atoms with Gasteiger partial charge < -0.3 is 4.74 Å². The fourth-order valence-electron chi connectivity index (χ4n) is 2.27. The highest BCUT2D eigenvalue weighted by molar-refractivity contribution is 7.99. The van der Waals surface area contributed by atoms with Gasteiger partial charge in [0.1, 0.15) is 6.61 Å². The van der Waals surface area contributed by atoms with Crippen molar-refractivity contribution in [3.63, 3.8) is 0 Å². The first-order chi connectivity index (χ1) is 9.25. The number of rotatable bonds is 6. The van der Waals surface area contributed by atoms with Crippen LogP contribution >= 0.6 is 11.8 Å². The lowest BCUT2D eigenvalue weighted by Crippen LogP contribution is -2.18. The maximum atomic E-state index is 11.9. The maximum absolute atomic E-state index is 11.9. The first-order valence-corrected chi connectivity index (χ1v) is 8.13. The molecule has 3 heteroatoms. The summed E-state index contributed by atoms with van der Waals surface area (Å²) in [6.45, 7) is 2.35. The molecule has 0 heterocycles. The van der Waals surface area contributed by atoms with Crippen molar-refractivity contribution < 1.29 is 9.53 Å². The van der Waals surface area contributed by atoms with Crippen LogP contribution in [0.15, 0.2) is 30.3 Å². The lowest BCUT2D eigenvalue weighted by Gasteiger charge is -2.14. The van der Waals surface area contributed by atoms with E-state index in [2.05, 4.69) is 0 Å². The van der Waals surface area contributed by atoms with E-state index in [9.17, 15) is 4.79 Å². The third-order valence-electron chi connectivity index (χ3n) is 3.51. The zero-order chi connectivity index (χ0) is 13.5. The predicted octanol–water partition coefficient (Wildman–Crippen LogP) is 4.04.